The second-order valence-corrected chi connectivity index (χ2v) is 9.66. The fourth-order valence-electron chi connectivity index (χ4n) is 4.47. The van der Waals surface area contributed by atoms with Gasteiger partial charge in [-0.15, -0.1) is 11.3 Å². The molecular formula is C23H29N7OS. The second kappa shape index (κ2) is 8.65. The highest BCUT2D eigenvalue weighted by Crippen LogP contribution is 2.44. The van der Waals surface area contributed by atoms with Gasteiger partial charge in [0.25, 0.3) is 0 Å². The SMILES string of the molecule is COC[C@@]1(C)CN(c2nccs2)c2nc(Nc3ccc(N4CCN(C)CC4)cc3)ncc21. The van der Waals surface area contributed by atoms with Crippen LogP contribution in [0.2, 0.25) is 0 Å². The van der Waals surface area contributed by atoms with E-state index in [9.17, 15) is 0 Å². The van der Waals surface area contributed by atoms with Crippen LogP contribution in [-0.2, 0) is 10.2 Å². The minimum Gasteiger partial charge on any atom is -0.384 e. The molecule has 2 aliphatic rings. The summed E-state index contributed by atoms with van der Waals surface area (Å²) in [6.45, 7) is 7.87. The van der Waals surface area contributed by atoms with Gasteiger partial charge in [0.2, 0.25) is 5.95 Å². The molecule has 1 saturated heterocycles. The van der Waals surface area contributed by atoms with Crippen LogP contribution in [0.25, 0.3) is 0 Å². The smallest absolute Gasteiger partial charge is 0.229 e. The average Bonchev–Trinajstić information content (AvgIpc) is 3.42. The first-order valence-electron chi connectivity index (χ1n) is 10.9. The third kappa shape index (κ3) is 4.03. The van der Waals surface area contributed by atoms with Gasteiger partial charge in [0.05, 0.1) is 6.61 Å². The first-order chi connectivity index (χ1) is 15.6. The van der Waals surface area contributed by atoms with Crippen molar-refractivity contribution in [3.05, 3.63) is 47.6 Å². The van der Waals surface area contributed by atoms with Crippen LogP contribution < -0.4 is 15.1 Å². The van der Waals surface area contributed by atoms with Gasteiger partial charge >= 0.3 is 0 Å². The summed E-state index contributed by atoms with van der Waals surface area (Å²) >= 11 is 1.61. The summed E-state index contributed by atoms with van der Waals surface area (Å²) in [6, 6.07) is 8.52. The number of aromatic nitrogens is 3. The lowest BCUT2D eigenvalue weighted by Crippen LogP contribution is -2.44. The van der Waals surface area contributed by atoms with E-state index in [1.165, 1.54) is 5.69 Å². The topological polar surface area (TPSA) is 69.7 Å². The quantitative estimate of drug-likeness (QED) is 0.611. The summed E-state index contributed by atoms with van der Waals surface area (Å²) in [5, 5.41) is 6.30. The normalized spacial score (nSPS) is 21.1. The van der Waals surface area contributed by atoms with Crippen molar-refractivity contribution in [3.8, 4) is 0 Å². The van der Waals surface area contributed by atoms with Crippen molar-refractivity contribution in [2.24, 2.45) is 0 Å². The molecule has 4 heterocycles. The van der Waals surface area contributed by atoms with Gasteiger partial charge in [0.1, 0.15) is 5.82 Å². The predicted molar refractivity (Wildman–Crippen MR) is 130 cm³/mol. The summed E-state index contributed by atoms with van der Waals surface area (Å²) < 4.78 is 5.52. The Morgan fingerprint density at radius 2 is 1.91 bits per heavy atom. The molecule has 2 aliphatic heterocycles. The van der Waals surface area contributed by atoms with Crippen molar-refractivity contribution >= 4 is 39.6 Å². The Bertz CT molecular complexity index is 1050. The highest BCUT2D eigenvalue weighted by atomic mass is 32.1. The molecule has 1 N–H and O–H groups in total. The third-order valence-corrected chi connectivity index (χ3v) is 7.08. The number of anilines is 5. The number of piperazine rings is 1. The van der Waals surface area contributed by atoms with Crippen molar-refractivity contribution in [2.45, 2.75) is 12.3 Å². The maximum Gasteiger partial charge on any atom is 0.229 e. The molecule has 32 heavy (non-hydrogen) atoms. The summed E-state index contributed by atoms with van der Waals surface area (Å²) in [5.41, 5.74) is 3.13. The van der Waals surface area contributed by atoms with Crippen LogP contribution in [-0.4, -0.2) is 73.3 Å². The molecule has 8 nitrogen and oxygen atoms in total. The van der Waals surface area contributed by atoms with Crippen LogP contribution in [0.5, 0.6) is 0 Å². The number of nitrogens with one attached hydrogen (secondary N) is 1. The molecule has 0 spiro atoms. The zero-order chi connectivity index (χ0) is 22.1. The van der Waals surface area contributed by atoms with E-state index in [-0.39, 0.29) is 5.41 Å². The molecule has 9 heteroatoms. The van der Waals surface area contributed by atoms with E-state index in [1.807, 2.05) is 17.8 Å². The van der Waals surface area contributed by atoms with Crippen LogP contribution in [0.3, 0.4) is 0 Å². The fourth-order valence-corrected chi connectivity index (χ4v) is 5.12. The van der Waals surface area contributed by atoms with Gasteiger partial charge in [-0.25, -0.2) is 9.97 Å². The fraction of sp³-hybridized carbons (Fsp3) is 0.435. The molecule has 0 saturated carbocycles. The first-order valence-corrected chi connectivity index (χ1v) is 11.8. The Balaban J connectivity index is 1.37. The zero-order valence-electron chi connectivity index (χ0n) is 18.8. The van der Waals surface area contributed by atoms with Crippen LogP contribution in [0, 0.1) is 0 Å². The highest BCUT2D eigenvalue weighted by Gasteiger charge is 2.42. The van der Waals surface area contributed by atoms with E-state index in [0.29, 0.717) is 12.6 Å². The molecule has 3 aromatic rings. The number of rotatable bonds is 6. The van der Waals surface area contributed by atoms with E-state index in [2.05, 4.69) is 68.2 Å². The van der Waals surface area contributed by atoms with Crippen molar-refractivity contribution in [3.63, 3.8) is 0 Å². The van der Waals surface area contributed by atoms with Gasteiger partial charge in [0, 0.05) is 80.0 Å². The van der Waals surface area contributed by atoms with E-state index in [1.54, 1.807) is 18.4 Å². The standard InChI is InChI=1S/C23H29N7OS/c1-23(16-31-3)15-30(22-24-8-13-32-22)20-19(23)14-25-21(27-20)26-17-4-6-18(7-5-17)29-11-9-28(2)10-12-29/h4-8,13-14H,9-12,15-16H2,1-3H3,(H,25,26,27)/t23-/m1/s1. The number of fused-ring (bicyclic) bond motifs is 1. The Morgan fingerprint density at radius 1 is 1.12 bits per heavy atom. The van der Waals surface area contributed by atoms with E-state index in [0.717, 1.165) is 54.9 Å². The summed E-state index contributed by atoms with van der Waals surface area (Å²) in [4.78, 5) is 21.0. The lowest BCUT2D eigenvalue weighted by atomic mass is 9.87. The maximum absolute atomic E-state index is 5.52. The molecule has 5 rings (SSSR count). The van der Waals surface area contributed by atoms with Crippen LogP contribution in [0.15, 0.2) is 42.0 Å². The van der Waals surface area contributed by atoms with Crippen LogP contribution >= 0.6 is 11.3 Å². The number of thiazole rings is 1. The van der Waals surface area contributed by atoms with Gasteiger partial charge in [0.15, 0.2) is 5.13 Å². The Kier molecular flexibility index (Phi) is 5.71. The summed E-state index contributed by atoms with van der Waals surface area (Å²) in [5.74, 6) is 1.48. The van der Waals surface area contributed by atoms with Crippen molar-refractivity contribution in [2.75, 3.05) is 68.6 Å². The van der Waals surface area contributed by atoms with E-state index < -0.39 is 0 Å². The number of likely N-dealkylation sites (N-methyl/N-ethyl adjacent to an activating group) is 1. The minimum atomic E-state index is -0.182. The Morgan fingerprint density at radius 3 is 2.59 bits per heavy atom. The molecule has 0 radical (unpaired) electrons. The molecule has 168 valence electrons. The molecule has 0 amide bonds. The molecule has 1 atom stereocenters. The molecule has 1 fully saturated rings. The summed E-state index contributed by atoms with van der Waals surface area (Å²) in [6.07, 6.45) is 3.75. The molecular weight excluding hydrogens is 422 g/mol. The molecule has 2 aromatic heterocycles. The Hall–Kier alpha value is -2.75. The van der Waals surface area contributed by atoms with Crippen LogP contribution in [0.1, 0.15) is 12.5 Å². The van der Waals surface area contributed by atoms with Gasteiger partial charge in [-0.05, 0) is 31.3 Å². The lowest BCUT2D eigenvalue weighted by molar-refractivity contribution is 0.145. The molecule has 0 aliphatic carbocycles. The minimum absolute atomic E-state index is 0.182. The van der Waals surface area contributed by atoms with Crippen molar-refractivity contribution in [1.29, 1.82) is 0 Å². The van der Waals surface area contributed by atoms with Crippen molar-refractivity contribution in [1.82, 2.24) is 19.9 Å². The van der Waals surface area contributed by atoms with E-state index in [4.69, 9.17) is 9.72 Å². The molecule has 1 aromatic carbocycles. The monoisotopic (exact) mass is 451 g/mol. The average molecular weight is 452 g/mol. The predicted octanol–water partition coefficient (Wildman–Crippen LogP) is 3.48. The van der Waals surface area contributed by atoms with Gasteiger partial charge in [-0.1, -0.05) is 6.92 Å². The second-order valence-electron chi connectivity index (χ2n) is 8.79. The molecule has 0 unspecified atom stereocenters. The number of hydrogen-bond donors (Lipinski definition) is 1. The zero-order valence-corrected chi connectivity index (χ0v) is 19.6. The van der Waals surface area contributed by atoms with Gasteiger partial charge in [-0.3, -0.25) is 0 Å². The largest absolute Gasteiger partial charge is 0.384 e. The van der Waals surface area contributed by atoms with Gasteiger partial charge < -0.3 is 24.8 Å². The Labute approximate surface area is 192 Å². The number of benzene rings is 1. The number of hydrogen-bond acceptors (Lipinski definition) is 9. The summed E-state index contributed by atoms with van der Waals surface area (Å²) in [7, 11) is 3.91. The number of nitrogens with zero attached hydrogens (tertiary/aromatic N) is 6. The van der Waals surface area contributed by atoms with Crippen molar-refractivity contribution < 1.29 is 4.74 Å². The maximum atomic E-state index is 5.52. The number of ether oxygens (including phenoxy) is 1. The third-order valence-electron chi connectivity index (χ3n) is 6.29. The number of methoxy groups -OCH3 is 1. The first kappa shape index (κ1) is 21.1. The lowest BCUT2D eigenvalue weighted by Gasteiger charge is -2.34. The van der Waals surface area contributed by atoms with Crippen LogP contribution in [0.4, 0.5) is 28.3 Å². The van der Waals surface area contributed by atoms with E-state index >= 15 is 0 Å². The highest BCUT2D eigenvalue weighted by molar-refractivity contribution is 7.13. The van der Waals surface area contributed by atoms with Gasteiger partial charge in [-0.2, -0.15) is 4.98 Å². The molecule has 0 bridgehead atoms.